The van der Waals surface area contributed by atoms with E-state index < -0.39 is 5.91 Å². The van der Waals surface area contributed by atoms with Gasteiger partial charge in [-0.2, -0.15) is 5.26 Å². The fourth-order valence-corrected chi connectivity index (χ4v) is 3.89. The predicted molar refractivity (Wildman–Crippen MR) is 131 cm³/mol. The van der Waals surface area contributed by atoms with Crippen molar-refractivity contribution in [1.82, 2.24) is 4.57 Å². The Morgan fingerprint density at radius 1 is 1.09 bits per heavy atom. The number of nitrogens with zero attached hydrogens (tertiary/aromatic N) is 2. The lowest BCUT2D eigenvalue weighted by Gasteiger charge is -2.08. The quantitative estimate of drug-likeness (QED) is 0.285. The number of hydrogen-bond donors (Lipinski definition) is 1. The SMILES string of the molecule is Cc1ccc(C)c(NC(=O)/C(C#N)=C/c2cn(Cc3ccccc3Cl)c3ccccc23)c1. The van der Waals surface area contributed by atoms with E-state index in [0.717, 1.165) is 33.2 Å². The van der Waals surface area contributed by atoms with Crippen molar-refractivity contribution in [3.8, 4) is 6.07 Å². The minimum absolute atomic E-state index is 0.0477. The van der Waals surface area contributed by atoms with E-state index in [-0.39, 0.29) is 5.57 Å². The van der Waals surface area contributed by atoms with Gasteiger partial charge in [-0.05, 0) is 54.8 Å². The number of aromatic nitrogens is 1. The standard InChI is InChI=1S/C27H22ClN3O/c1-18-11-12-19(2)25(13-18)30-27(32)21(15-29)14-22-17-31(26-10-6-4-8-23(22)26)16-20-7-3-5-9-24(20)28/h3-14,17H,16H2,1-2H3,(H,30,32)/b21-14+. The van der Waals surface area contributed by atoms with Gasteiger partial charge in [0.1, 0.15) is 11.6 Å². The highest BCUT2D eigenvalue weighted by Gasteiger charge is 2.14. The average molecular weight is 440 g/mol. The average Bonchev–Trinajstić information content (AvgIpc) is 3.13. The minimum atomic E-state index is -0.427. The van der Waals surface area contributed by atoms with E-state index in [1.807, 2.05) is 86.8 Å². The third-order valence-corrected chi connectivity index (χ3v) is 5.79. The number of fused-ring (bicyclic) bond motifs is 1. The maximum absolute atomic E-state index is 12.9. The third-order valence-electron chi connectivity index (χ3n) is 5.42. The van der Waals surface area contributed by atoms with Gasteiger partial charge >= 0.3 is 0 Å². The number of nitrogens with one attached hydrogen (secondary N) is 1. The van der Waals surface area contributed by atoms with Gasteiger partial charge in [0, 0.05) is 39.9 Å². The molecular weight excluding hydrogens is 418 g/mol. The Kier molecular flexibility index (Phi) is 6.11. The Bertz CT molecular complexity index is 1390. The first kappa shape index (κ1) is 21.4. The van der Waals surface area contributed by atoms with Gasteiger partial charge < -0.3 is 9.88 Å². The van der Waals surface area contributed by atoms with E-state index in [9.17, 15) is 10.1 Å². The van der Waals surface area contributed by atoms with Crippen LogP contribution in [0.15, 0.2) is 78.5 Å². The molecule has 32 heavy (non-hydrogen) atoms. The summed E-state index contributed by atoms with van der Waals surface area (Å²) in [5, 5.41) is 14.2. The van der Waals surface area contributed by atoms with E-state index in [0.29, 0.717) is 17.3 Å². The number of anilines is 1. The Morgan fingerprint density at radius 3 is 2.62 bits per heavy atom. The molecule has 4 aromatic rings. The lowest BCUT2D eigenvalue weighted by Crippen LogP contribution is -2.14. The monoisotopic (exact) mass is 439 g/mol. The molecular formula is C27H22ClN3O. The highest BCUT2D eigenvalue weighted by molar-refractivity contribution is 6.31. The van der Waals surface area contributed by atoms with Crippen LogP contribution in [0.4, 0.5) is 5.69 Å². The fourth-order valence-electron chi connectivity index (χ4n) is 3.70. The summed E-state index contributed by atoms with van der Waals surface area (Å²) in [5.41, 5.74) is 5.54. The van der Waals surface area contributed by atoms with Crippen molar-refractivity contribution in [2.75, 3.05) is 5.32 Å². The van der Waals surface area contributed by atoms with Gasteiger partial charge in [0.2, 0.25) is 0 Å². The van der Waals surface area contributed by atoms with Crippen molar-refractivity contribution < 1.29 is 4.79 Å². The second-order valence-electron chi connectivity index (χ2n) is 7.76. The molecule has 0 radical (unpaired) electrons. The summed E-state index contributed by atoms with van der Waals surface area (Å²) < 4.78 is 2.08. The van der Waals surface area contributed by atoms with E-state index >= 15 is 0 Å². The molecule has 0 unspecified atom stereocenters. The van der Waals surface area contributed by atoms with Crippen LogP contribution in [0.3, 0.4) is 0 Å². The van der Waals surface area contributed by atoms with E-state index in [1.165, 1.54) is 0 Å². The second-order valence-corrected chi connectivity index (χ2v) is 8.17. The van der Waals surface area contributed by atoms with Crippen LogP contribution in [0.25, 0.3) is 17.0 Å². The molecule has 1 heterocycles. The van der Waals surface area contributed by atoms with Crippen molar-refractivity contribution in [2.24, 2.45) is 0 Å². The van der Waals surface area contributed by atoms with Crippen LogP contribution >= 0.6 is 11.6 Å². The summed E-state index contributed by atoms with van der Waals surface area (Å²) in [6.07, 6.45) is 3.60. The number of benzene rings is 3. The molecule has 0 aliphatic heterocycles. The molecule has 5 heteroatoms. The number of amides is 1. The summed E-state index contributed by atoms with van der Waals surface area (Å²) in [7, 11) is 0. The Labute approximate surface area is 192 Å². The van der Waals surface area contributed by atoms with Crippen LogP contribution in [0, 0.1) is 25.2 Å². The number of carbonyl (C=O) groups is 1. The Balaban J connectivity index is 1.70. The summed E-state index contributed by atoms with van der Waals surface area (Å²) in [5.74, 6) is -0.427. The zero-order valence-electron chi connectivity index (χ0n) is 17.9. The number of rotatable bonds is 5. The normalized spacial score (nSPS) is 11.4. The van der Waals surface area contributed by atoms with Crippen LogP contribution in [-0.4, -0.2) is 10.5 Å². The van der Waals surface area contributed by atoms with Crippen LogP contribution in [0.2, 0.25) is 5.02 Å². The smallest absolute Gasteiger partial charge is 0.266 e. The number of aryl methyl sites for hydroxylation is 2. The number of carbonyl (C=O) groups excluding carboxylic acids is 1. The Hall–Kier alpha value is -3.81. The number of halogens is 1. The molecule has 0 saturated heterocycles. The van der Waals surface area contributed by atoms with E-state index in [4.69, 9.17) is 11.6 Å². The maximum atomic E-state index is 12.9. The van der Waals surface area contributed by atoms with Gasteiger partial charge in [-0.1, -0.05) is 60.1 Å². The first-order valence-corrected chi connectivity index (χ1v) is 10.7. The van der Waals surface area contributed by atoms with Crippen LogP contribution < -0.4 is 5.32 Å². The van der Waals surface area contributed by atoms with Crippen molar-refractivity contribution in [2.45, 2.75) is 20.4 Å². The van der Waals surface area contributed by atoms with Gasteiger partial charge in [0.05, 0.1) is 0 Å². The highest BCUT2D eigenvalue weighted by Crippen LogP contribution is 2.26. The summed E-state index contributed by atoms with van der Waals surface area (Å²) in [6, 6.07) is 23.5. The third kappa shape index (κ3) is 4.44. The van der Waals surface area contributed by atoms with Gasteiger partial charge in [-0.25, -0.2) is 0 Å². The minimum Gasteiger partial charge on any atom is -0.342 e. The molecule has 0 aliphatic rings. The topological polar surface area (TPSA) is 57.8 Å². The first-order valence-electron chi connectivity index (χ1n) is 10.3. The summed E-state index contributed by atoms with van der Waals surface area (Å²) >= 11 is 6.36. The lowest BCUT2D eigenvalue weighted by atomic mass is 10.1. The number of para-hydroxylation sites is 1. The van der Waals surface area contributed by atoms with Crippen molar-refractivity contribution in [3.05, 3.63) is 106 Å². The molecule has 4 nitrogen and oxygen atoms in total. The molecule has 1 N–H and O–H groups in total. The molecule has 1 amide bonds. The molecule has 1 aromatic heterocycles. The molecule has 158 valence electrons. The zero-order chi connectivity index (χ0) is 22.7. The molecule has 0 saturated carbocycles. The van der Waals surface area contributed by atoms with Gasteiger partial charge in [-0.3, -0.25) is 4.79 Å². The van der Waals surface area contributed by atoms with Gasteiger partial charge in [0.15, 0.2) is 0 Å². The van der Waals surface area contributed by atoms with Crippen molar-refractivity contribution >= 4 is 40.2 Å². The first-order chi connectivity index (χ1) is 15.5. The fraction of sp³-hybridized carbons (Fsp3) is 0.111. The molecule has 3 aromatic carbocycles. The zero-order valence-corrected chi connectivity index (χ0v) is 18.6. The molecule has 0 fully saturated rings. The van der Waals surface area contributed by atoms with Crippen molar-refractivity contribution in [3.63, 3.8) is 0 Å². The van der Waals surface area contributed by atoms with Crippen molar-refractivity contribution in [1.29, 1.82) is 5.26 Å². The summed E-state index contributed by atoms with van der Waals surface area (Å²) in [6.45, 7) is 4.47. The van der Waals surface area contributed by atoms with Crippen LogP contribution in [-0.2, 0) is 11.3 Å². The second kappa shape index (κ2) is 9.13. The van der Waals surface area contributed by atoms with E-state index in [2.05, 4.69) is 16.0 Å². The predicted octanol–water partition coefficient (Wildman–Crippen LogP) is 6.51. The molecule has 4 rings (SSSR count). The molecule has 0 aliphatic carbocycles. The van der Waals surface area contributed by atoms with E-state index in [1.54, 1.807) is 6.08 Å². The lowest BCUT2D eigenvalue weighted by molar-refractivity contribution is -0.112. The molecule has 0 bridgehead atoms. The summed E-state index contributed by atoms with van der Waals surface area (Å²) in [4.78, 5) is 12.9. The number of hydrogen-bond acceptors (Lipinski definition) is 2. The Morgan fingerprint density at radius 2 is 1.84 bits per heavy atom. The van der Waals surface area contributed by atoms with Gasteiger partial charge in [0.25, 0.3) is 5.91 Å². The molecule has 0 atom stereocenters. The largest absolute Gasteiger partial charge is 0.342 e. The molecule has 0 spiro atoms. The maximum Gasteiger partial charge on any atom is 0.266 e. The van der Waals surface area contributed by atoms with Crippen LogP contribution in [0.5, 0.6) is 0 Å². The number of nitriles is 1. The highest BCUT2D eigenvalue weighted by atomic mass is 35.5. The van der Waals surface area contributed by atoms with Gasteiger partial charge in [-0.15, -0.1) is 0 Å². The van der Waals surface area contributed by atoms with Crippen LogP contribution in [0.1, 0.15) is 22.3 Å².